The molecule has 1 aromatic heterocycles. The lowest BCUT2D eigenvalue weighted by Crippen LogP contribution is -2.07. The average Bonchev–Trinajstić information content (AvgIpc) is 2.82. The molecule has 0 saturated carbocycles. The minimum Gasteiger partial charge on any atom is -0.464 e. The standard InChI is InChI=1S/C14H16O3S/c1-10(6-15)8-18-9-13(16)12-7-17-14-5-3-2-4-11(12)14/h2-5,7,10,15H,6,8-9H2,1H3. The highest BCUT2D eigenvalue weighted by molar-refractivity contribution is 7.99. The highest BCUT2D eigenvalue weighted by atomic mass is 32.2. The van der Waals surface area contributed by atoms with E-state index in [2.05, 4.69) is 0 Å². The van der Waals surface area contributed by atoms with Gasteiger partial charge >= 0.3 is 0 Å². The van der Waals surface area contributed by atoms with Gasteiger partial charge in [-0.3, -0.25) is 4.79 Å². The van der Waals surface area contributed by atoms with E-state index in [-0.39, 0.29) is 18.3 Å². The second kappa shape index (κ2) is 6.07. The van der Waals surface area contributed by atoms with Crippen molar-refractivity contribution >= 4 is 28.5 Å². The van der Waals surface area contributed by atoms with Crippen molar-refractivity contribution in [1.82, 2.24) is 0 Å². The Hall–Kier alpha value is -1.26. The number of carbonyl (C=O) groups is 1. The Bertz CT molecular complexity index is 533. The van der Waals surface area contributed by atoms with Crippen molar-refractivity contribution < 1.29 is 14.3 Å². The van der Waals surface area contributed by atoms with Gasteiger partial charge in [-0.05, 0) is 17.7 Å². The summed E-state index contributed by atoms with van der Waals surface area (Å²) in [5, 5.41) is 9.79. The molecule has 0 bridgehead atoms. The van der Waals surface area contributed by atoms with Crippen LogP contribution in [0.15, 0.2) is 34.9 Å². The number of ketones is 1. The highest BCUT2D eigenvalue weighted by Gasteiger charge is 2.13. The summed E-state index contributed by atoms with van der Waals surface area (Å²) in [4.78, 5) is 12.0. The second-order valence-corrected chi connectivity index (χ2v) is 5.40. The summed E-state index contributed by atoms with van der Waals surface area (Å²) >= 11 is 1.55. The zero-order valence-corrected chi connectivity index (χ0v) is 11.1. The van der Waals surface area contributed by atoms with E-state index < -0.39 is 0 Å². The number of fused-ring (bicyclic) bond motifs is 1. The zero-order chi connectivity index (χ0) is 13.0. The van der Waals surface area contributed by atoms with E-state index in [0.717, 1.165) is 16.7 Å². The van der Waals surface area contributed by atoms with Crippen LogP contribution in [0.5, 0.6) is 0 Å². The van der Waals surface area contributed by atoms with E-state index in [1.54, 1.807) is 11.8 Å². The third-order valence-electron chi connectivity index (χ3n) is 2.73. The van der Waals surface area contributed by atoms with Gasteiger partial charge in [-0.2, -0.15) is 11.8 Å². The van der Waals surface area contributed by atoms with Crippen LogP contribution in [0.1, 0.15) is 17.3 Å². The molecule has 1 unspecified atom stereocenters. The van der Waals surface area contributed by atoms with Gasteiger partial charge in [0, 0.05) is 12.0 Å². The van der Waals surface area contributed by atoms with Gasteiger partial charge in [0.1, 0.15) is 11.8 Å². The molecule has 96 valence electrons. The molecule has 4 heteroatoms. The molecule has 2 rings (SSSR count). The van der Waals surface area contributed by atoms with Gasteiger partial charge in [-0.1, -0.05) is 25.1 Å². The van der Waals surface area contributed by atoms with Crippen LogP contribution in [0.4, 0.5) is 0 Å². The zero-order valence-electron chi connectivity index (χ0n) is 10.3. The molecule has 0 aliphatic rings. The number of hydrogen-bond donors (Lipinski definition) is 1. The summed E-state index contributed by atoms with van der Waals surface area (Å²) in [7, 11) is 0. The van der Waals surface area contributed by atoms with E-state index in [1.165, 1.54) is 6.26 Å². The van der Waals surface area contributed by atoms with Gasteiger partial charge in [0.2, 0.25) is 0 Å². The lowest BCUT2D eigenvalue weighted by molar-refractivity contribution is 0.102. The van der Waals surface area contributed by atoms with Gasteiger partial charge in [0.05, 0.1) is 11.3 Å². The molecule has 1 heterocycles. The highest BCUT2D eigenvalue weighted by Crippen LogP contribution is 2.22. The molecule has 0 spiro atoms. The van der Waals surface area contributed by atoms with Crippen LogP contribution >= 0.6 is 11.8 Å². The quantitative estimate of drug-likeness (QED) is 0.815. The molecule has 2 aromatic rings. The van der Waals surface area contributed by atoms with E-state index >= 15 is 0 Å². The fraction of sp³-hybridized carbons (Fsp3) is 0.357. The maximum Gasteiger partial charge on any atom is 0.176 e. The molecule has 0 aliphatic carbocycles. The minimum atomic E-state index is 0.0788. The first-order chi connectivity index (χ1) is 8.72. The summed E-state index contributed by atoms with van der Waals surface area (Å²) < 4.78 is 5.35. The number of para-hydroxylation sites is 1. The van der Waals surface area contributed by atoms with Gasteiger partial charge in [-0.25, -0.2) is 0 Å². The van der Waals surface area contributed by atoms with Crippen molar-refractivity contribution in [2.45, 2.75) is 6.92 Å². The smallest absolute Gasteiger partial charge is 0.176 e. The largest absolute Gasteiger partial charge is 0.464 e. The maximum absolute atomic E-state index is 12.0. The molecule has 3 nitrogen and oxygen atoms in total. The van der Waals surface area contributed by atoms with Crippen molar-refractivity contribution in [1.29, 1.82) is 0 Å². The number of Topliss-reactive ketones (excluding diaryl/α,β-unsaturated/α-hetero) is 1. The Morgan fingerprint density at radius 1 is 1.44 bits per heavy atom. The van der Waals surface area contributed by atoms with Crippen molar-refractivity contribution in [2.24, 2.45) is 5.92 Å². The van der Waals surface area contributed by atoms with Crippen LogP contribution < -0.4 is 0 Å². The van der Waals surface area contributed by atoms with E-state index in [4.69, 9.17) is 9.52 Å². The summed E-state index contributed by atoms with van der Waals surface area (Å²) in [6.45, 7) is 2.13. The molecule has 0 fully saturated rings. The van der Waals surface area contributed by atoms with Crippen LogP contribution in [0.2, 0.25) is 0 Å². The number of rotatable bonds is 6. The molecule has 0 saturated heterocycles. The molecule has 18 heavy (non-hydrogen) atoms. The van der Waals surface area contributed by atoms with Gasteiger partial charge in [0.15, 0.2) is 5.78 Å². The lowest BCUT2D eigenvalue weighted by Gasteiger charge is -2.05. The number of carbonyl (C=O) groups excluding carboxylic acids is 1. The Kier molecular flexibility index (Phi) is 4.44. The fourth-order valence-corrected chi connectivity index (χ4v) is 2.64. The van der Waals surface area contributed by atoms with Crippen LogP contribution in [0, 0.1) is 5.92 Å². The Morgan fingerprint density at radius 2 is 2.22 bits per heavy atom. The molecular weight excluding hydrogens is 248 g/mol. The first-order valence-electron chi connectivity index (χ1n) is 5.90. The predicted octanol–water partition coefficient (Wildman–Crippen LogP) is 2.98. The Balaban J connectivity index is 2.01. The molecule has 0 aliphatic heterocycles. The number of hydrogen-bond acceptors (Lipinski definition) is 4. The number of benzene rings is 1. The Morgan fingerprint density at radius 3 is 3.00 bits per heavy atom. The van der Waals surface area contributed by atoms with Gasteiger partial charge in [-0.15, -0.1) is 0 Å². The van der Waals surface area contributed by atoms with Crippen molar-refractivity contribution in [3.05, 3.63) is 36.1 Å². The fourth-order valence-electron chi connectivity index (χ4n) is 1.68. The predicted molar refractivity (Wildman–Crippen MR) is 74.1 cm³/mol. The second-order valence-electron chi connectivity index (χ2n) is 4.37. The summed E-state index contributed by atoms with van der Waals surface area (Å²) in [5.74, 6) is 1.52. The molecule has 1 aromatic carbocycles. The van der Waals surface area contributed by atoms with E-state index in [9.17, 15) is 4.79 Å². The van der Waals surface area contributed by atoms with Crippen molar-refractivity contribution in [2.75, 3.05) is 18.1 Å². The molecule has 1 N–H and O–H groups in total. The number of thioether (sulfide) groups is 1. The Labute approximate surface area is 110 Å². The SMILES string of the molecule is CC(CO)CSCC(=O)c1coc2ccccc12. The average molecular weight is 264 g/mol. The monoisotopic (exact) mass is 264 g/mol. The normalized spacial score (nSPS) is 12.8. The van der Waals surface area contributed by atoms with Crippen LogP contribution in [-0.2, 0) is 0 Å². The van der Waals surface area contributed by atoms with E-state index in [0.29, 0.717) is 11.3 Å². The minimum absolute atomic E-state index is 0.0788. The summed E-state index contributed by atoms with van der Waals surface area (Å²) in [5.41, 5.74) is 1.39. The van der Waals surface area contributed by atoms with Crippen LogP contribution in [0.25, 0.3) is 11.0 Å². The molecule has 0 amide bonds. The molecule has 1 atom stereocenters. The first kappa shape index (κ1) is 13.2. The third-order valence-corrected chi connectivity index (χ3v) is 4.00. The first-order valence-corrected chi connectivity index (χ1v) is 7.06. The maximum atomic E-state index is 12.0. The van der Waals surface area contributed by atoms with E-state index in [1.807, 2.05) is 31.2 Å². The number of aliphatic hydroxyl groups excluding tert-OH is 1. The lowest BCUT2D eigenvalue weighted by atomic mass is 10.1. The van der Waals surface area contributed by atoms with Crippen molar-refractivity contribution in [3.8, 4) is 0 Å². The number of aliphatic hydroxyl groups is 1. The molecule has 0 radical (unpaired) electrons. The third kappa shape index (κ3) is 2.94. The van der Waals surface area contributed by atoms with Crippen LogP contribution in [0.3, 0.4) is 0 Å². The van der Waals surface area contributed by atoms with Gasteiger partial charge < -0.3 is 9.52 Å². The topological polar surface area (TPSA) is 50.4 Å². The van der Waals surface area contributed by atoms with Crippen molar-refractivity contribution in [3.63, 3.8) is 0 Å². The number of furan rings is 1. The summed E-state index contributed by atoms with van der Waals surface area (Å²) in [6.07, 6.45) is 1.53. The molecular formula is C14H16O3S. The summed E-state index contributed by atoms with van der Waals surface area (Å²) in [6, 6.07) is 7.54. The van der Waals surface area contributed by atoms with Crippen LogP contribution in [-0.4, -0.2) is 29.0 Å². The van der Waals surface area contributed by atoms with Gasteiger partial charge in [0.25, 0.3) is 0 Å².